The minimum absolute atomic E-state index is 0.450. The molecule has 1 N–H and O–H groups in total. The molecule has 0 bridgehead atoms. The van der Waals surface area contributed by atoms with Gasteiger partial charge in [0, 0.05) is 6.04 Å². The van der Waals surface area contributed by atoms with Crippen LogP contribution in [-0.4, -0.2) is 51.6 Å². The quantitative estimate of drug-likeness (QED) is 0.391. The fraction of sp³-hybridized carbons (Fsp3) is 0.440. The summed E-state index contributed by atoms with van der Waals surface area (Å²) < 4.78 is 7.59. The number of aromatic nitrogens is 2. The third-order valence-corrected chi connectivity index (χ3v) is 6.21. The van der Waals surface area contributed by atoms with Crippen molar-refractivity contribution in [1.82, 2.24) is 14.5 Å². The molecule has 0 amide bonds. The lowest BCUT2D eigenvalue weighted by atomic mass is 9.86. The Kier molecular flexibility index (Phi) is 6.87. The smallest absolute Gasteiger partial charge is 0.153 e. The normalized spacial score (nSPS) is 15.9. The van der Waals surface area contributed by atoms with Crippen LogP contribution in [0.3, 0.4) is 0 Å². The molecule has 6 heteroatoms. The van der Waals surface area contributed by atoms with Crippen LogP contribution in [0.1, 0.15) is 54.1 Å². The van der Waals surface area contributed by atoms with Crippen LogP contribution in [0.4, 0.5) is 0 Å². The zero-order valence-corrected chi connectivity index (χ0v) is 18.2. The molecule has 0 aliphatic heterocycles. The van der Waals surface area contributed by atoms with E-state index in [2.05, 4.69) is 23.0 Å². The van der Waals surface area contributed by atoms with Crippen molar-refractivity contribution < 1.29 is 14.6 Å². The average Bonchev–Trinajstić information content (AvgIpc) is 3.20. The Morgan fingerprint density at radius 1 is 1.26 bits per heavy atom. The van der Waals surface area contributed by atoms with Crippen molar-refractivity contribution in [2.45, 2.75) is 51.5 Å². The number of unbranched alkanes of at least 4 members (excludes halogenated alkanes) is 1. The number of nitrogens with zero attached hydrogens (tertiary/aromatic N) is 3. The van der Waals surface area contributed by atoms with Crippen LogP contribution >= 0.6 is 0 Å². The van der Waals surface area contributed by atoms with Crippen LogP contribution in [0.25, 0.3) is 5.52 Å². The Morgan fingerprint density at radius 2 is 2.16 bits per heavy atom. The van der Waals surface area contributed by atoms with E-state index in [0.29, 0.717) is 24.0 Å². The first-order valence-electron chi connectivity index (χ1n) is 11.3. The molecular formula is C25H31N3O3. The highest BCUT2D eigenvalue weighted by atomic mass is 16.5. The molecule has 3 aromatic rings. The van der Waals surface area contributed by atoms with E-state index in [1.807, 2.05) is 24.4 Å². The number of aldehydes is 1. The second-order valence-electron chi connectivity index (χ2n) is 8.32. The summed E-state index contributed by atoms with van der Waals surface area (Å²) in [5.41, 5.74) is 3.81. The summed E-state index contributed by atoms with van der Waals surface area (Å²) in [6.45, 7) is 5.07. The van der Waals surface area contributed by atoms with Crippen molar-refractivity contribution in [3.63, 3.8) is 0 Å². The SMILES string of the molecule is CCCN(CCCCOc1ccc2c(C=O)cnn2c1)[C@H]1CCc2c(O)cccc2C1. The number of carbonyl (C=O) groups is 1. The van der Waals surface area contributed by atoms with Crippen molar-refractivity contribution in [2.75, 3.05) is 19.7 Å². The maximum Gasteiger partial charge on any atom is 0.153 e. The Labute approximate surface area is 183 Å². The van der Waals surface area contributed by atoms with Crippen LogP contribution in [0.5, 0.6) is 11.5 Å². The Morgan fingerprint density at radius 3 is 3.00 bits per heavy atom. The Bertz CT molecular complexity index is 1030. The monoisotopic (exact) mass is 421 g/mol. The van der Waals surface area contributed by atoms with Gasteiger partial charge in [0.25, 0.3) is 0 Å². The van der Waals surface area contributed by atoms with Gasteiger partial charge in [0.15, 0.2) is 6.29 Å². The van der Waals surface area contributed by atoms with Crippen molar-refractivity contribution in [2.24, 2.45) is 0 Å². The van der Waals surface area contributed by atoms with Gasteiger partial charge in [0.1, 0.15) is 11.5 Å². The van der Waals surface area contributed by atoms with Crippen LogP contribution < -0.4 is 4.74 Å². The summed E-state index contributed by atoms with van der Waals surface area (Å²) in [4.78, 5) is 13.6. The van der Waals surface area contributed by atoms with Crippen molar-refractivity contribution in [1.29, 1.82) is 0 Å². The summed E-state index contributed by atoms with van der Waals surface area (Å²) in [5, 5.41) is 14.3. The van der Waals surface area contributed by atoms with Gasteiger partial charge >= 0.3 is 0 Å². The van der Waals surface area contributed by atoms with Gasteiger partial charge in [-0.25, -0.2) is 4.52 Å². The molecule has 1 aliphatic rings. The molecule has 0 unspecified atom stereocenters. The molecule has 0 saturated carbocycles. The first kappa shape index (κ1) is 21.4. The minimum Gasteiger partial charge on any atom is -0.508 e. The van der Waals surface area contributed by atoms with E-state index in [1.165, 1.54) is 5.56 Å². The summed E-state index contributed by atoms with van der Waals surface area (Å²) in [7, 11) is 0. The number of phenols is 1. The summed E-state index contributed by atoms with van der Waals surface area (Å²) in [6, 6.07) is 10.2. The number of pyridine rings is 1. The van der Waals surface area contributed by atoms with E-state index in [4.69, 9.17) is 4.74 Å². The zero-order valence-electron chi connectivity index (χ0n) is 18.2. The topological polar surface area (TPSA) is 67.1 Å². The van der Waals surface area contributed by atoms with Gasteiger partial charge in [0.05, 0.1) is 30.1 Å². The number of rotatable bonds is 10. The predicted molar refractivity (Wildman–Crippen MR) is 121 cm³/mol. The molecule has 1 aliphatic carbocycles. The maximum atomic E-state index is 11.0. The lowest BCUT2D eigenvalue weighted by molar-refractivity contribution is 0.112. The summed E-state index contributed by atoms with van der Waals surface area (Å²) in [6.07, 6.45) is 10.5. The fourth-order valence-corrected chi connectivity index (χ4v) is 4.61. The van der Waals surface area contributed by atoms with Crippen molar-refractivity contribution in [3.8, 4) is 11.5 Å². The first-order chi connectivity index (χ1) is 15.2. The molecule has 4 rings (SSSR count). The highest BCUT2D eigenvalue weighted by Gasteiger charge is 2.25. The third-order valence-electron chi connectivity index (χ3n) is 6.21. The largest absolute Gasteiger partial charge is 0.508 e. The first-order valence-corrected chi connectivity index (χ1v) is 11.3. The van der Waals surface area contributed by atoms with Gasteiger partial charge in [-0.15, -0.1) is 0 Å². The fourth-order valence-electron chi connectivity index (χ4n) is 4.61. The maximum absolute atomic E-state index is 11.0. The van der Waals surface area contributed by atoms with Gasteiger partial charge in [-0.05, 0) is 80.9 Å². The molecule has 1 atom stereocenters. The van der Waals surface area contributed by atoms with Crippen LogP contribution in [-0.2, 0) is 12.8 Å². The number of hydrogen-bond donors (Lipinski definition) is 1. The van der Waals surface area contributed by atoms with Gasteiger partial charge in [-0.1, -0.05) is 19.1 Å². The number of benzene rings is 1. The lowest BCUT2D eigenvalue weighted by Crippen LogP contribution is -2.40. The third kappa shape index (κ3) is 4.90. The van der Waals surface area contributed by atoms with Crippen molar-refractivity contribution >= 4 is 11.8 Å². The van der Waals surface area contributed by atoms with Crippen LogP contribution in [0.15, 0.2) is 42.7 Å². The summed E-state index contributed by atoms with van der Waals surface area (Å²) >= 11 is 0. The molecule has 2 heterocycles. The molecule has 0 saturated heterocycles. The number of aromatic hydroxyl groups is 1. The Balaban J connectivity index is 1.26. The summed E-state index contributed by atoms with van der Waals surface area (Å²) in [5.74, 6) is 1.22. The van der Waals surface area contributed by atoms with E-state index < -0.39 is 0 Å². The van der Waals surface area contributed by atoms with Crippen LogP contribution in [0, 0.1) is 0 Å². The average molecular weight is 422 g/mol. The molecule has 0 fully saturated rings. The molecule has 164 valence electrons. The molecule has 6 nitrogen and oxygen atoms in total. The molecule has 31 heavy (non-hydrogen) atoms. The second-order valence-corrected chi connectivity index (χ2v) is 8.32. The lowest BCUT2D eigenvalue weighted by Gasteiger charge is -2.35. The van der Waals surface area contributed by atoms with E-state index in [9.17, 15) is 9.90 Å². The predicted octanol–water partition coefficient (Wildman–Crippen LogP) is 4.28. The molecule has 2 aromatic heterocycles. The molecule has 1 aromatic carbocycles. The highest BCUT2D eigenvalue weighted by molar-refractivity contribution is 5.85. The van der Waals surface area contributed by atoms with Gasteiger partial charge in [0.2, 0.25) is 0 Å². The second kappa shape index (κ2) is 9.96. The number of fused-ring (bicyclic) bond motifs is 2. The number of carbonyl (C=O) groups excluding carboxylic acids is 1. The standard InChI is InChI=1S/C25H31N3O3/c1-2-12-27(21-8-10-23-19(15-21)6-5-7-25(23)30)13-3-4-14-31-22-9-11-24-20(18-29)16-26-28(24)17-22/h5-7,9,11,16-18,21,30H,2-4,8,10,12-15H2,1H3/t21-/m0/s1. The zero-order chi connectivity index (χ0) is 21.6. The van der Waals surface area contributed by atoms with Crippen LogP contribution in [0.2, 0.25) is 0 Å². The molecule has 0 radical (unpaired) electrons. The molecular weight excluding hydrogens is 390 g/mol. The minimum atomic E-state index is 0.450. The van der Waals surface area contributed by atoms with E-state index >= 15 is 0 Å². The number of phenolic OH excluding ortho intramolecular Hbond substituents is 1. The van der Waals surface area contributed by atoms with Gasteiger partial charge in [-0.3, -0.25) is 4.79 Å². The van der Waals surface area contributed by atoms with E-state index in [0.717, 1.165) is 74.7 Å². The van der Waals surface area contributed by atoms with E-state index in [1.54, 1.807) is 16.8 Å². The van der Waals surface area contributed by atoms with Crippen molar-refractivity contribution in [3.05, 3.63) is 59.4 Å². The van der Waals surface area contributed by atoms with Gasteiger partial charge in [-0.2, -0.15) is 5.10 Å². The molecule has 0 spiro atoms. The highest BCUT2D eigenvalue weighted by Crippen LogP contribution is 2.30. The van der Waals surface area contributed by atoms with Gasteiger partial charge < -0.3 is 14.7 Å². The number of ether oxygens (including phenoxy) is 1. The van der Waals surface area contributed by atoms with E-state index in [-0.39, 0.29) is 0 Å². The number of hydrogen-bond acceptors (Lipinski definition) is 5. The Hall–Kier alpha value is -2.86.